The number of hydrogen-bond donors (Lipinski definition) is 1. The molecule has 18 heavy (non-hydrogen) atoms. The van der Waals surface area contributed by atoms with E-state index in [9.17, 15) is 5.11 Å². The number of aliphatic hydroxyl groups is 1. The lowest BCUT2D eigenvalue weighted by atomic mass is 10.0. The average Bonchev–Trinajstić information content (AvgIpc) is 2.35. The molecular weight excluding hydrogens is 426 g/mol. The van der Waals surface area contributed by atoms with Crippen molar-refractivity contribution in [3.05, 3.63) is 66.7 Å². The monoisotopic (exact) mass is 436 g/mol. The fourth-order valence-corrected chi connectivity index (χ4v) is 2.88. The van der Waals surface area contributed by atoms with Crippen LogP contribution in [0, 0.1) is 3.57 Å². The summed E-state index contributed by atoms with van der Waals surface area (Å²) in [4.78, 5) is 0. The lowest BCUT2D eigenvalue weighted by Crippen LogP contribution is -2.03. The van der Waals surface area contributed by atoms with Gasteiger partial charge in [0.15, 0.2) is 0 Å². The van der Waals surface area contributed by atoms with Crippen LogP contribution in [-0.4, -0.2) is 5.11 Å². The van der Waals surface area contributed by atoms with Gasteiger partial charge in [-0.3, -0.25) is 0 Å². The molecule has 0 aromatic heterocycles. The van der Waals surface area contributed by atoms with Crippen molar-refractivity contribution >= 4 is 50.1 Å². The Morgan fingerprint density at radius 3 is 2.50 bits per heavy atom. The highest BCUT2D eigenvalue weighted by Crippen LogP contribution is 2.28. The first-order valence-electron chi connectivity index (χ1n) is 5.44. The summed E-state index contributed by atoms with van der Waals surface area (Å²) in [7, 11) is 0. The lowest BCUT2D eigenvalue weighted by Gasteiger charge is -2.13. The maximum atomic E-state index is 10.3. The molecule has 0 amide bonds. The molecule has 0 aliphatic heterocycles. The molecule has 2 aromatic carbocycles. The van der Waals surface area contributed by atoms with E-state index in [-0.39, 0.29) is 0 Å². The number of aliphatic hydroxyl groups excluding tert-OH is 1. The van der Waals surface area contributed by atoms with E-state index in [1.807, 2.05) is 42.5 Å². The van der Waals surface area contributed by atoms with Gasteiger partial charge in [0, 0.05) is 19.5 Å². The Balaban J connectivity index is 2.18. The van der Waals surface area contributed by atoms with Crippen LogP contribution in [0.15, 0.2) is 46.9 Å². The molecule has 94 valence electrons. The Morgan fingerprint density at radius 1 is 1.17 bits per heavy atom. The van der Waals surface area contributed by atoms with Crippen LogP contribution >= 0.6 is 50.1 Å². The Kier molecular flexibility index (Phi) is 5.06. The first-order chi connectivity index (χ1) is 8.56. The van der Waals surface area contributed by atoms with Crippen LogP contribution in [0.5, 0.6) is 0 Å². The number of benzene rings is 2. The number of rotatable bonds is 3. The molecule has 4 heteroatoms. The molecule has 1 N–H and O–H groups in total. The molecule has 0 heterocycles. The van der Waals surface area contributed by atoms with E-state index in [1.165, 1.54) is 0 Å². The van der Waals surface area contributed by atoms with E-state index in [0.29, 0.717) is 11.4 Å². The Morgan fingerprint density at radius 2 is 1.83 bits per heavy atom. The topological polar surface area (TPSA) is 20.2 Å². The van der Waals surface area contributed by atoms with Gasteiger partial charge in [-0.1, -0.05) is 39.7 Å². The molecule has 0 saturated carbocycles. The van der Waals surface area contributed by atoms with Gasteiger partial charge in [0.05, 0.1) is 6.10 Å². The molecule has 0 fully saturated rings. The van der Waals surface area contributed by atoms with Gasteiger partial charge >= 0.3 is 0 Å². The standard InChI is InChI=1S/C14H11BrClIO/c15-13-6-5-11(17)8-12(13)14(18)7-9-1-3-10(16)4-2-9/h1-6,8,14,18H,7H2. The van der Waals surface area contributed by atoms with Crippen molar-refractivity contribution in [2.75, 3.05) is 0 Å². The highest BCUT2D eigenvalue weighted by Gasteiger charge is 2.12. The molecule has 0 radical (unpaired) electrons. The Bertz CT molecular complexity index is 542. The highest BCUT2D eigenvalue weighted by atomic mass is 127. The van der Waals surface area contributed by atoms with Crippen molar-refractivity contribution < 1.29 is 5.11 Å². The van der Waals surface area contributed by atoms with Gasteiger partial charge in [-0.25, -0.2) is 0 Å². The second-order valence-corrected chi connectivity index (χ2v) is 6.55. The third kappa shape index (κ3) is 3.70. The van der Waals surface area contributed by atoms with Crippen molar-refractivity contribution in [2.24, 2.45) is 0 Å². The largest absolute Gasteiger partial charge is 0.388 e. The van der Waals surface area contributed by atoms with Gasteiger partial charge in [0.25, 0.3) is 0 Å². The van der Waals surface area contributed by atoms with Crippen LogP contribution in [0.2, 0.25) is 5.02 Å². The molecule has 0 aliphatic carbocycles. The summed E-state index contributed by atoms with van der Waals surface area (Å²) in [6.45, 7) is 0. The van der Waals surface area contributed by atoms with Crippen LogP contribution in [-0.2, 0) is 6.42 Å². The Labute approximate surface area is 133 Å². The minimum Gasteiger partial charge on any atom is -0.388 e. The van der Waals surface area contributed by atoms with E-state index in [0.717, 1.165) is 19.2 Å². The van der Waals surface area contributed by atoms with E-state index >= 15 is 0 Å². The molecule has 0 spiro atoms. The molecule has 1 nitrogen and oxygen atoms in total. The summed E-state index contributed by atoms with van der Waals surface area (Å²) < 4.78 is 2.05. The summed E-state index contributed by atoms with van der Waals surface area (Å²) >= 11 is 11.6. The minimum absolute atomic E-state index is 0.518. The zero-order chi connectivity index (χ0) is 13.1. The van der Waals surface area contributed by atoms with Gasteiger partial charge in [0.1, 0.15) is 0 Å². The summed E-state index contributed by atoms with van der Waals surface area (Å²) in [6, 6.07) is 13.5. The van der Waals surface area contributed by atoms with E-state index in [2.05, 4.69) is 38.5 Å². The molecule has 1 atom stereocenters. The average molecular weight is 438 g/mol. The van der Waals surface area contributed by atoms with E-state index < -0.39 is 6.10 Å². The lowest BCUT2D eigenvalue weighted by molar-refractivity contribution is 0.177. The summed E-state index contributed by atoms with van der Waals surface area (Å²) in [5, 5.41) is 11.0. The predicted octanol–water partition coefficient (Wildman–Crippen LogP) is 4.98. The molecule has 0 bridgehead atoms. The number of halogens is 3. The molecule has 0 saturated heterocycles. The van der Waals surface area contributed by atoms with Crippen molar-refractivity contribution in [2.45, 2.75) is 12.5 Å². The van der Waals surface area contributed by atoms with Crippen molar-refractivity contribution in [3.8, 4) is 0 Å². The van der Waals surface area contributed by atoms with E-state index in [1.54, 1.807) is 0 Å². The second kappa shape index (κ2) is 6.37. The summed E-state index contributed by atoms with van der Waals surface area (Å²) in [5.41, 5.74) is 1.98. The third-order valence-electron chi connectivity index (χ3n) is 2.66. The minimum atomic E-state index is -0.518. The smallest absolute Gasteiger partial charge is 0.0841 e. The SMILES string of the molecule is OC(Cc1ccc(Cl)cc1)c1cc(I)ccc1Br. The molecule has 2 rings (SSSR count). The normalized spacial score (nSPS) is 12.4. The van der Waals surface area contributed by atoms with Gasteiger partial charge in [-0.2, -0.15) is 0 Å². The van der Waals surface area contributed by atoms with Crippen LogP contribution < -0.4 is 0 Å². The second-order valence-electron chi connectivity index (χ2n) is 4.01. The van der Waals surface area contributed by atoms with E-state index in [4.69, 9.17) is 11.6 Å². The Hall–Kier alpha value is -0.100. The number of hydrogen-bond acceptors (Lipinski definition) is 1. The van der Waals surface area contributed by atoms with Gasteiger partial charge < -0.3 is 5.11 Å². The zero-order valence-corrected chi connectivity index (χ0v) is 13.9. The maximum Gasteiger partial charge on any atom is 0.0841 e. The van der Waals surface area contributed by atoms with Crippen molar-refractivity contribution in [1.29, 1.82) is 0 Å². The summed E-state index contributed by atoms with van der Waals surface area (Å²) in [5.74, 6) is 0. The van der Waals surface area contributed by atoms with Crippen molar-refractivity contribution in [1.82, 2.24) is 0 Å². The fourth-order valence-electron chi connectivity index (χ4n) is 1.72. The van der Waals surface area contributed by atoms with Gasteiger partial charge in [0.2, 0.25) is 0 Å². The van der Waals surface area contributed by atoms with Crippen LogP contribution in [0.4, 0.5) is 0 Å². The van der Waals surface area contributed by atoms with Crippen molar-refractivity contribution in [3.63, 3.8) is 0 Å². The molecule has 2 aromatic rings. The van der Waals surface area contributed by atoms with Crippen LogP contribution in [0.3, 0.4) is 0 Å². The van der Waals surface area contributed by atoms with Gasteiger partial charge in [-0.15, -0.1) is 0 Å². The quantitative estimate of drug-likeness (QED) is 0.672. The predicted molar refractivity (Wildman–Crippen MR) is 87.0 cm³/mol. The first kappa shape index (κ1) is 14.3. The zero-order valence-electron chi connectivity index (χ0n) is 9.41. The molecular formula is C14H11BrClIO. The maximum absolute atomic E-state index is 10.3. The highest BCUT2D eigenvalue weighted by molar-refractivity contribution is 14.1. The van der Waals surface area contributed by atoms with Crippen LogP contribution in [0.25, 0.3) is 0 Å². The van der Waals surface area contributed by atoms with Crippen LogP contribution in [0.1, 0.15) is 17.2 Å². The molecule has 1 unspecified atom stereocenters. The third-order valence-corrected chi connectivity index (χ3v) is 4.30. The van der Waals surface area contributed by atoms with Gasteiger partial charge in [-0.05, 0) is 64.0 Å². The fraction of sp³-hybridized carbons (Fsp3) is 0.143. The molecule has 0 aliphatic rings. The summed E-state index contributed by atoms with van der Waals surface area (Å²) in [6.07, 6.45) is 0.0610. The first-order valence-corrected chi connectivity index (χ1v) is 7.68.